The predicted molar refractivity (Wildman–Crippen MR) is 145 cm³/mol. The molecule has 0 saturated carbocycles. The average molecular weight is 483 g/mol. The first-order valence-corrected chi connectivity index (χ1v) is 12.2. The third kappa shape index (κ3) is 5.05. The van der Waals surface area contributed by atoms with E-state index in [1.165, 1.54) is 0 Å². The summed E-state index contributed by atoms with van der Waals surface area (Å²) in [7, 11) is 1.66. The number of nitrogens with zero attached hydrogens (tertiary/aromatic N) is 3. The number of ether oxygens (including phenoxy) is 2. The van der Waals surface area contributed by atoms with Gasteiger partial charge in [0.15, 0.2) is 11.5 Å². The van der Waals surface area contributed by atoms with Crippen LogP contribution in [0.3, 0.4) is 0 Å². The van der Waals surface area contributed by atoms with Crippen LogP contribution in [0.2, 0.25) is 0 Å². The van der Waals surface area contributed by atoms with Gasteiger partial charge >= 0.3 is 0 Å². The molecule has 35 heavy (non-hydrogen) atoms. The van der Waals surface area contributed by atoms with Crippen molar-refractivity contribution in [2.75, 3.05) is 19.1 Å². The summed E-state index contributed by atoms with van der Waals surface area (Å²) in [5, 5.41) is 6.35. The fraction of sp³-hybridized carbons (Fsp3) is 0.143. The van der Waals surface area contributed by atoms with Crippen molar-refractivity contribution in [3.8, 4) is 11.5 Å². The van der Waals surface area contributed by atoms with E-state index in [0.717, 1.165) is 55.3 Å². The van der Waals surface area contributed by atoms with E-state index < -0.39 is 0 Å². The van der Waals surface area contributed by atoms with Crippen LogP contribution >= 0.6 is 11.3 Å². The summed E-state index contributed by atoms with van der Waals surface area (Å²) in [4.78, 5) is 4.57. The Bertz CT molecular complexity index is 1470. The Morgan fingerprint density at radius 3 is 2.80 bits per heavy atom. The van der Waals surface area contributed by atoms with Crippen molar-refractivity contribution in [1.29, 1.82) is 0 Å². The molecule has 0 fully saturated rings. The first-order chi connectivity index (χ1) is 17.2. The van der Waals surface area contributed by atoms with Gasteiger partial charge in [-0.3, -0.25) is 5.43 Å². The highest BCUT2D eigenvalue weighted by Gasteiger charge is 2.09. The highest BCUT2D eigenvalue weighted by Crippen LogP contribution is 2.29. The van der Waals surface area contributed by atoms with Gasteiger partial charge in [-0.05, 0) is 42.3 Å². The lowest BCUT2D eigenvalue weighted by Gasteiger charge is -2.12. The Labute approximate surface area is 208 Å². The van der Waals surface area contributed by atoms with Gasteiger partial charge in [-0.2, -0.15) is 5.10 Å². The first kappa shape index (κ1) is 22.7. The van der Waals surface area contributed by atoms with E-state index in [-0.39, 0.29) is 0 Å². The second-order valence-electron chi connectivity index (χ2n) is 7.98. The molecule has 0 saturated heterocycles. The van der Waals surface area contributed by atoms with Crippen molar-refractivity contribution in [3.05, 3.63) is 96.7 Å². The van der Waals surface area contributed by atoms with Gasteiger partial charge in [0.1, 0.15) is 6.61 Å². The molecule has 0 aliphatic rings. The molecule has 0 bridgehead atoms. The first-order valence-electron chi connectivity index (χ1n) is 11.4. The minimum absolute atomic E-state index is 0.510. The number of anilines is 1. The summed E-state index contributed by atoms with van der Waals surface area (Å²) in [6.45, 7) is 5.00. The summed E-state index contributed by atoms with van der Waals surface area (Å²) >= 11 is 1.58. The Kier molecular flexibility index (Phi) is 6.77. The number of fused-ring (bicyclic) bond motifs is 2. The number of allylic oxidation sites excluding steroid dienone is 1. The van der Waals surface area contributed by atoms with Crippen molar-refractivity contribution in [2.24, 2.45) is 5.10 Å². The van der Waals surface area contributed by atoms with E-state index >= 15 is 0 Å². The molecule has 0 unspecified atom stereocenters. The van der Waals surface area contributed by atoms with Crippen LogP contribution < -0.4 is 14.9 Å². The zero-order chi connectivity index (χ0) is 24.0. The summed E-state index contributed by atoms with van der Waals surface area (Å²) in [6, 6.07) is 22.3. The molecule has 6 nitrogen and oxygen atoms in total. The largest absolute Gasteiger partial charge is 0.493 e. The van der Waals surface area contributed by atoms with Crippen LogP contribution in [-0.2, 0) is 13.0 Å². The van der Waals surface area contributed by atoms with Crippen LogP contribution in [0.5, 0.6) is 11.5 Å². The molecule has 0 spiro atoms. The van der Waals surface area contributed by atoms with Crippen LogP contribution in [0.4, 0.5) is 5.13 Å². The van der Waals surface area contributed by atoms with E-state index in [1.54, 1.807) is 18.4 Å². The molecular weight excluding hydrogens is 456 g/mol. The Hall–Kier alpha value is -4.10. The van der Waals surface area contributed by atoms with Crippen LogP contribution in [-0.4, -0.2) is 29.5 Å². The maximum atomic E-state index is 6.07. The quantitative estimate of drug-likeness (QED) is 0.140. The van der Waals surface area contributed by atoms with Gasteiger partial charge in [-0.15, -0.1) is 6.58 Å². The van der Waals surface area contributed by atoms with Crippen molar-refractivity contribution in [1.82, 2.24) is 9.55 Å². The molecule has 7 heteroatoms. The third-order valence-electron chi connectivity index (χ3n) is 5.67. The molecule has 0 atom stereocenters. The summed E-state index contributed by atoms with van der Waals surface area (Å²) < 4.78 is 14.9. The molecule has 2 aromatic heterocycles. The number of thiazole rings is 1. The molecule has 176 valence electrons. The molecule has 0 amide bonds. The molecule has 3 aromatic carbocycles. The smallest absolute Gasteiger partial charge is 0.204 e. The minimum atomic E-state index is 0.510. The maximum Gasteiger partial charge on any atom is 0.204 e. The fourth-order valence-corrected chi connectivity index (χ4v) is 4.83. The van der Waals surface area contributed by atoms with E-state index in [1.807, 2.05) is 60.8 Å². The minimum Gasteiger partial charge on any atom is -0.493 e. The van der Waals surface area contributed by atoms with Crippen LogP contribution in [0.1, 0.15) is 11.1 Å². The Balaban J connectivity index is 1.29. The van der Waals surface area contributed by atoms with E-state index in [4.69, 9.17) is 9.47 Å². The van der Waals surface area contributed by atoms with Crippen molar-refractivity contribution in [3.63, 3.8) is 0 Å². The van der Waals surface area contributed by atoms with Crippen LogP contribution in [0.15, 0.2) is 90.7 Å². The van der Waals surface area contributed by atoms with E-state index in [0.29, 0.717) is 13.2 Å². The number of hydrogen-bond donors (Lipinski definition) is 1. The second-order valence-corrected chi connectivity index (χ2v) is 9.01. The summed E-state index contributed by atoms with van der Waals surface area (Å²) in [5.74, 6) is 1.47. The van der Waals surface area contributed by atoms with Gasteiger partial charge in [-0.25, -0.2) is 4.98 Å². The average Bonchev–Trinajstić information content (AvgIpc) is 3.46. The number of aromatic nitrogens is 2. The molecule has 0 aliphatic carbocycles. The fourth-order valence-electron chi connectivity index (χ4n) is 4.02. The van der Waals surface area contributed by atoms with Crippen molar-refractivity contribution < 1.29 is 9.47 Å². The topological polar surface area (TPSA) is 60.7 Å². The Morgan fingerprint density at radius 1 is 1.09 bits per heavy atom. The number of para-hydroxylation sites is 2. The van der Waals surface area contributed by atoms with Gasteiger partial charge in [0, 0.05) is 22.7 Å². The lowest BCUT2D eigenvalue weighted by atomic mass is 10.1. The number of hydrogen-bond acceptors (Lipinski definition) is 6. The molecular formula is C28H26N4O2S. The molecule has 2 heterocycles. The highest BCUT2D eigenvalue weighted by atomic mass is 32.1. The monoisotopic (exact) mass is 482 g/mol. The van der Waals surface area contributed by atoms with Gasteiger partial charge in [-0.1, -0.05) is 53.8 Å². The predicted octanol–water partition coefficient (Wildman–Crippen LogP) is 6.51. The van der Waals surface area contributed by atoms with E-state index in [2.05, 4.69) is 51.1 Å². The molecule has 0 aliphatic heterocycles. The Morgan fingerprint density at radius 2 is 1.94 bits per heavy atom. The number of rotatable bonds is 10. The van der Waals surface area contributed by atoms with Gasteiger partial charge in [0.2, 0.25) is 5.13 Å². The maximum absolute atomic E-state index is 6.07. The summed E-state index contributed by atoms with van der Waals surface area (Å²) in [6.07, 6.45) is 6.61. The van der Waals surface area contributed by atoms with Gasteiger partial charge < -0.3 is 14.0 Å². The van der Waals surface area contributed by atoms with Crippen LogP contribution in [0.25, 0.3) is 21.1 Å². The lowest BCUT2D eigenvalue weighted by molar-refractivity contribution is 0.281. The normalized spacial score (nSPS) is 11.3. The van der Waals surface area contributed by atoms with Crippen molar-refractivity contribution in [2.45, 2.75) is 13.0 Å². The number of benzene rings is 3. The standard InChI is InChI=1S/C28H26N4O2S/c1-3-8-20-13-14-25(26(17-20)33-2)34-16-15-32-19-21(22-9-4-6-11-24(22)32)18-29-31-28-30-23-10-5-7-12-27(23)35-28/h3-7,9-14,17-19H,1,8,15-16H2,2H3,(H,30,31)/b29-18-. The van der Waals surface area contributed by atoms with Crippen molar-refractivity contribution >= 4 is 43.8 Å². The van der Waals surface area contributed by atoms with Gasteiger partial charge in [0.25, 0.3) is 0 Å². The molecule has 5 rings (SSSR count). The molecule has 5 aromatic rings. The van der Waals surface area contributed by atoms with Crippen LogP contribution in [0, 0.1) is 0 Å². The molecule has 1 N–H and O–H groups in total. The lowest BCUT2D eigenvalue weighted by Crippen LogP contribution is -2.08. The number of hydrazone groups is 1. The zero-order valence-corrected chi connectivity index (χ0v) is 20.3. The molecule has 0 radical (unpaired) electrons. The van der Waals surface area contributed by atoms with E-state index in [9.17, 15) is 0 Å². The highest BCUT2D eigenvalue weighted by molar-refractivity contribution is 7.22. The number of nitrogens with one attached hydrogen (secondary N) is 1. The zero-order valence-electron chi connectivity index (χ0n) is 19.5. The van der Waals surface area contributed by atoms with Gasteiger partial charge in [0.05, 0.1) is 30.1 Å². The second kappa shape index (κ2) is 10.4. The summed E-state index contributed by atoms with van der Waals surface area (Å²) in [5.41, 5.74) is 7.34. The third-order valence-corrected chi connectivity index (χ3v) is 6.62. The SMILES string of the molecule is C=CCc1ccc(OCCn2cc(/C=N\Nc3nc4ccccc4s3)c3ccccc32)c(OC)c1. The number of methoxy groups -OCH3 is 1.